The highest BCUT2D eigenvalue weighted by Gasteiger charge is 2.21. The van der Waals surface area contributed by atoms with Crippen molar-refractivity contribution in [3.63, 3.8) is 0 Å². The molecular formula is C12H23N3O2S. The average molecular weight is 273 g/mol. The van der Waals surface area contributed by atoms with Gasteiger partial charge in [-0.05, 0) is 27.2 Å². The molecule has 1 atom stereocenters. The average Bonchev–Trinajstić information content (AvgIpc) is 2.19. The van der Waals surface area contributed by atoms with Crippen molar-refractivity contribution in [1.82, 2.24) is 10.6 Å². The maximum Gasteiger partial charge on any atom is 0.239 e. The minimum atomic E-state index is -0.493. The highest BCUT2D eigenvalue weighted by Crippen LogP contribution is 2.06. The van der Waals surface area contributed by atoms with Gasteiger partial charge in [0.25, 0.3) is 0 Å². The summed E-state index contributed by atoms with van der Waals surface area (Å²) in [6, 6.07) is 0. The van der Waals surface area contributed by atoms with E-state index in [1.165, 1.54) is 0 Å². The number of amides is 2. The maximum absolute atomic E-state index is 11.8. The van der Waals surface area contributed by atoms with E-state index in [0.29, 0.717) is 6.42 Å². The highest BCUT2D eigenvalue weighted by atomic mass is 32.1. The summed E-state index contributed by atoms with van der Waals surface area (Å²) in [5.41, 5.74) is 5.19. The molecule has 18 heavy (non-hydrogen) atoms. The van der Waals surface area contributed by atoms with E-state index in [-0.39, 0.29) is 28.9 Å². The van der Waals surface area contributed by atoms with Gasteiger partial charge >= 0.3 is 0 Å². The minimum absolute atomic E-state index is 0.0566. The lowest BCUT2D eigenvalue weighted by Crippen LogP contribution is -2.47. The molecule has 0 aliphatic rings. The summed E-state index contributed by atoms with van der Waals surface area (Å²) >= 11 is 4.84. The summed E-state index contributed by atoms with van der Waals surface area (Å²) in [6.07, 6.45) is 1.41. The summed E-state index contributed by atoms with van der Waals surface area (Å²) in [7, 11) is 0. The molecule has 0 heterocycles. The van der Waals surface area contributed by atoms with E-state index in [1.54, 1.807) is 0 Å². The quantitative estimate of drug-likeness (QED) is 0.623. The molecule has 0 radical (unpaired) electrons. The summed E-state index contributed by atoms with van der Waals surface area (Å²) in [6.45, 7) is 7.52. The van der Waals surface area contributed by atoms with E-state index in [9.17, 15) is 9.59 Å². The molecule has 4 N–H and O–H groups in total. The molecule has 0 rings (SSSR count). The van der Waals surface area contributed by atoms with Gasteiger partial charge in [0.15, 0.2) is 0 Å². The molecule has 0 aliphatic heterocycles. The zero-order valence-electron chi connectivity index (χ0n) is 11.5. The summed E-state index contributed by atoms with van der Waals surface area (Å²) in [5, 5.41) is 5.31. The van der Waals surface area contributed by atoms with Crippen LogP contribution in [0.5, 0.6) is 0 Å². The fourth-order valence-corrected chi connectivity index (χ4v) is 1.67. The van der Waals surface area contributed by atoms with Gasteiger partial charge in [0.1, 0.15) is 0 Å². The van der Waals surface area contributed by atoms with Gasteiger partial charge in [0.2, 0.25) is 11.8 Å². The van der Waals surface area contributed by atoms with Gasteiger partial charge in [-0.15, -0.1) is 0 Å². The molecule has 2 amide bonds. The molecule has 0 aromatic carbocycles. The molecule has 0 bridgehead atoms. The molecule has 0 aliphatic carbocycles. The number of thiocarbonyl (C=S) groups is 1. The van der Waals surface area contributed by atoms with E-state index in [2.05, 4.69) is 10.6 Å². The van der Waals surface area contributed by atoms with Crippen molar-refractivity contribution in [2.45, 2.75) is 46.1 Å². The van der Waals surface area contributed by atoms with Gasteiger partial charge in [-0.1, -0.05) is 25.6 Å². The Morgan fingerprint density at radius 3 is 2.28 bits per heavy atom. The lowest BCUT2D eigenvalue weighted by molar-refractivity contribution is -0.128. The zero-order valence-corrected chi connectivity index (χ0v) is 12.3. The van der Waals surface area contributed by atoms with Crippen molar-refractivity contribution in [3.05, 3.63) is 0 Å². The lowest BCUT2D eigenvalue weighted by atomic mass is 10.0. The number of nitrogens with two attached hydrogens (primary N) is 1. The highest BCUT2D eigenvalue weighted by molar-refractivity contribution is 7.80. The first-order valence-corrected chi connectivity index (χ1v) is 6.46. The molecular weight excluding hydrogens is 250 g/mol. The largest absolute Gasteiger partial charge is 0.393 e. The molecule has 1 unspecified atom stereocenters. The monoisotopic (exact) mass is 273 g/mol. The normalized spacial score (nSPS) is 12.7. The molecule has 0 fully saturated rings. The lowest BCUT2D eigenvalue weighted by Gasteiger charge is -2.21. The molecule has 0 spiro atoms. The van der Waals surface area contributed by atoms with Gasteiger partial charge in [0.05, 0.1) is 17.5 Å². The number of hydrogen-bond acceptors (Lipinski definition) is 3. The van der Waals surface area contributed by atoms with Crippen molar-refractivity contribution in [2.75, 3.05) is 6.54 Å². The second kappa shape index (κ2) is 7.31. The van der Waals surface area contributed by atoms with E-state index < -0.39 is 5.92 Å². The van der Waals surface area contributed by atoms with Crippen LogP contribution in [0.1, 0.15) is 40.5 Å². The van der Waals surface area contributed by atoms with Crippen molar-refractivity contribution in [2.24, 2.45) is 11.7 Å². The zero-order chi connectivity index (χ0) is 14.3. The van der Waals surface area contributed by atoms with Crippen molar-refractivity contribution < 1.29 is 9.59 Å². The number of nitrogens with one attached hydrogen (secondary N) is 2. The van der Waals surface area contributed by atoms with Gasteiger partial charge in [-0.25, -0.2) is 0 Å². The number of carbonyl (C=O) groups excluding carboxylic acids is 2. The van der Waals surface area contributed by atoms with E-state index in [4.69, 9.17) is 18.0 Å². The molecule has 0 saturated heterocycles. The Morgan fingerprint density at radius 2 is 1.89 bits per heavy atom. The van der Waals surface area contributed by atoms with E-state index in [0.717, 1.165) is 6.42 Å². The Morgan fingerprint density at radius 1 is 1.33 bits per heavy atom. The summed E-state index contributed by atoms with van der Waals surface area (Å²) in [5.74, 6) is -1.00. The van der Waals surface area contributed by atoms with Crippen LogP contribution in [-0.4, -0.2) is 28.9 Å². The van der Waals surface area contributed by atoms with Gasteiger partial charge in [0, 0.05) is 5.54 Å². The first-order valence-electron chi connectivity index (χ1n) is 6.05. The third-order valence-electron chi connectivity index (χ3n) is 2.17. The second-order valence-corrected chi connectivity index (χ2v) is 5.73. The van der Waals surface area contributed by atoms with Gasteiger partial charge < -0.3 is 16.4 Å². The third kappa shape index (κ3) is 7.21. The van der Waals surface area contributed by atoms with Crippen molar-refractivity contribution in [3.8, 4) is 0 Å². The fraction of sp³-hybridized carbons (Fsp3) is 0.750. The van der Waals surface area contributed by atoms with Gasteiger partial charge in [-0.2, -0.15) is 0 Å². The maximum atomic E-state index is 11.8. The Labute approximate surface area is 114 Å². The Kier molecular flexibility index (Phi) is 6.83. The van der Waals surface area contributed by atoms with Crippen LogP contribution in [0, 0.1) is 5.92 Å². The van der Waals surface area contributed by atoms with Crippen LogP contribution in [-0.2, 0) is 9.59 Å². The SMILES string of the molecule is CCCC(C(=O)NCC(=O)NC(C)(C)C)C(N)=S. The standard InChI is InChI=1S/C12H23N3O2S/c1-5-6-8(10(13)18)11(17)14-7-9(16)15-12(2,3)4/h8H,5-7H2,1-4H3,(H2,13,18)(H,14,17)(H,15,16). The van der Waals surface area contributed by atoms with Crippen LogP contribution in [0.3, 0.4) is 0 Å². The predicted octanol–water partition coefficient (Wildman–Crippen LogP) is 0.720. The van der Waals surface area contributed by atoms with Gasteiger partial charge in [-0.3, -0.25) is 9.59 Å². The van der Waals surface area contributed by atoms with Crippen LogP contribution in [0.2, 0.25) is 0 Å². The minimum Gasteiger partial charge on any atom is -0.393 e. The molecule has 5 nitrogen and oxygen atoms in total. The van der Waals surface area contributed by atoms with Crippen LogP contribution in [0.25, 0.3) is 0 Å². The van der Waals surface area contributed by atoms with Crippen molar-refractivity contribution >= 4 is 29.0 Å². The second-order valence-electron chi connectivity index (χ2n) is 5.26. The summed E-state index contributed by atoms with van der Waals surface area (Å²) in [4.78, 5) is 23.5. The predicted molar refractivity (Wildman–Crippen MR) is 76.1 cm³/mol. The van der Waals surface area contributed by atoms with Crippen LogP contribution < -0.4 is 16.4 Å². The van der Waals surface area contributed by atoms with Crippen LogP contribution in [0.15, 0.2) is 0 Å². The fourth-order valence-electron chi connectivity index (χ4n) is 1.44. The molecule has 0 saturated carbocycles. The number of rotatable bonds is 6. The third-order valence-corrected chi connectivity index (χ3v) is 2.46. The molecule has 6 heteroatoms. The topological polar surface area (TPSA) is 84.2 Å². The molecule has 0 aromatic heterocycles. The molecule has 104 valence electrons. The summed E-state index contributed by atoms with van der Waals surface area (Å²) < 4.78 is 0. The van der Waals surface area contributed by atoms with Crippen LogP contribution in [0.4, 0.5) is 0 Å². The molecule has 0 aromatic rings. The first-order chi connectivity index (χ1) is 8.17. The van der Waals surface area contributed by atoms with Crippen LogP contribution >= 0.6 is 12.2 Å². The Bertz CT molecular complexity index is 324. The number of carbonyl (C=O) groups is 2. The number of hydrogen-bond donors (Lipinski definition) is 3. The Balaban J connectivity index is 4.23. The van der Waals surface area contributed by atoms with E-state index >= 15 is 0 Å². The first kappa shape index (κ1) is 16.8. The van der Waals surface area contributed by atoms with E-state index in [1.807, 2.05) is 27.7 Å². The van der Waals surface area contributed by atoms with Crippen molar-refractivity contribution in [1.29, 1.82) is 0 Å². The smallest absolute Gasteiger partial charge is 0.239 e. The Hall–Kier alpha value is -1.17.